The van der Waals surface area contributed by atoms with E-state index < -0.39 is 0 Å². The van der Waals surface area contributed by atoms with Crippen molar-refractivity contribution in [2.75, 3.05) is 37.7 Å². The van der Waals surface area contributed by atoms with Gasteiger partial charge in [-0.3, -0.25) is 4.79 Å². The molecule has 130 valence electrons. The molecule has 1 unspecified atom stereocenters. The third-order valence-corrected chi connectivity index (χ3v) is 5.55. The van der Waals surface area contributed by atoms with E-state index in [0.717, 1.165) is 44.6 Å². The molecule has 0 bridgehead atoms. The molecule has 2 fully saturated rings. The first-order chi connectivity index (χ1) is 11.7. The lowest BCUT2D eigenvalue weighted by Crippen LogP contribution is -2.46. The van der Waals surface area contributed by atoms with Crippen LogP contribution in [-0.2, 0) is 20.7 Å². The molecular formula is C19H26N2O3. The van der Waals surface area contributed by atoms with Gasteiger partial charge in [0.1, 0.15) is 0 Å². The van der Waals surface area contributed by atoms with E-state index in [4.69, 9.17) is 9.47 Å². The maximum atomic E-state index is 12.8. The van der Waals surface area contributed by atoms with E-state index in [1.807, 2.05) is 11.0 Å². The summed E-state index contributed by atoms with van der Waals surface area (Å²) < 4.78 is 11.5. The molecule has 0 aliphatic carbocycles. The largest absolute Gasteiger partial charge is 0.347 e. The molecule has 0 radical (unpaired) electrons. The smallest absolute Gasteiger partial charge is 0.228 e. The Bertz CT molecular complexity index is 602. The van der Waals surface area contributed by atoms with Crippen molar-refractivity contribution in [1.29, 1.82) is 0 Å². The Morgan fingerprint density at radius 1 is 1.21 bits per heavy atom. The Kier molecular flexibility index (Phi) is 4.33. The summed E-state index contributed by atoms with van der Waals surface area (Å²) in [7, 11) is 0. The highest BCUT2D eigenvalue weighted by atomic mass is 16.7. The zero-order chi connectivity index (χ0) is 16.6. The molecule has 0 saturated carbocycles. The maximum absolute atomic E-state index is 12.8. The number of carbonyl (C=O) groups is 1. The minimum Gasteiger partial charge on any atom is -0.347 e. The Hall–Kier alpha value is -1.43. The third kappa shape index (κ3) is 2.96. The molecule has 1 aromatic rings. The van der Waals surface area contributed by atoms with Crippen LogP contribution in [-0.4, -0.2) is 55.5 Å². The first-order valence-corrected chi connectivity index (χ1v) is 9.07. The van der Waals surface area contributed by atoms with Gasteiger partial charge in [0.15, 0.2) is 5.79 Å². The predicted molar refractivity (Wildman–Crippen MR) is 92.0 cm³/mol. The summed E-state index contributed by atoms with van der Waals surface area (Å²) in [5.74, 6) is -0.0933. The van der Waals surface area contributed by atoms with E-state index in [1.165, 1.54) is 5.56 Å². The van der Waals surface area contributed by atoms with E-state index in [2.05, 4.69) is 30.0 Å². The van der Waals surface area contributed by atoms with Crippen molar-refractivity contribution < 1.29 is 14.3 Å². The van der Waals surface area contributed by atoms with Gasteiger partial charge in [0.05, 0.1) is 13.2 Å². The van der Waals surface area contributed by atoms with Gasteiger partial charge in [-0.15, -0.1) is 0 Å². The summed E-state index contributed by atoms with van der Waals surface area (Å²) in [6, 6.07) is 8.53. The highest BCUT2D eigenvalue weighted by Crippen LogP contribution is 2.33. The van der Waals surface area contributed by atoms with Gasteiger partial charge < -0.3 is 19.3 Å². The summed E-state index contributed by atoms with van der Waals surface area (Å²) in [5.41, 5.74) is 2.38. The van der Waals surface area contributed by atoms with Crippen LogP contribution in [0.1, 0.15) is 31.7 Å². The van der Waals surface area contributed by atoms with E-state index >= 15 is 0 Å². The van der Waals surface area contributed by atoms with Gasteiger partial charge in [0.2, 0.25) is 5.91 Å². The lowest BCUT2D eigenvalue weighted by molar-refractivity contribution is -0.185. The van der Waals surface area contributed by atoms with Gasteiger partial charge >= 0.3 is 0 Å². The molecule has 24 heavy (non-hydrogen) atoms. The molecule has 1 amide bonds. The molecule has 0 aromatic heterocycles. The van der Waals surface area contributed by atoms with Crippen LogP contribution in [0.5, 0.6) is 0 Å². The van der Waals surface area contributed by atoms with Crippen molar-refractivity contribution >= 4 is 11.6 Å². The summed E-state index contributed by atoms with van der Waals surface area (Å²) in [4.78, 5) is 17.1. The number of likely N-dealkylation sites (tertiary alicyclic amines) is 1. The number of anilines is 1. The number of para-hydroxylation sites is 1. The monoisotopic (exact) mass is 330 g/mol. The second kappa shape index (κ2) is 6.47. The lowest BCUT2D eigenvalue weighted by Gasteiger charge is -2.37. The summed E-state index contributed by atoms with van der Waals surface area (Å²) in [6.45, 7) is 6.27. The Balaban J connectivity index is 1.31. The fraction of sp³-hybridized carbons (Fsp3) is 0.632. The summed E-state index contributed by atoms with van der Waals surface area (Å²) in [6.07, 6.45) is 3.35. The Morgan fingerprint density at radius 2 is 1.92 bits per heavy atom. The van der Waals surface area contributed by atoms with Crippen LogP contribution in [0.4, 0.5) is 5.69 Å². The minimum absolute atomic E-state index is 0.237. The van der Waals surface area contributed by atoms with Gasteiger partial charge in [0, 0.05) is 50.6 Å². The van der Waals surface area contributed by atoms with Gasteiger partial charge in [-0.2, -0.15) is 0 Å². The fourth-order valence-corrected chi connectivity index (χ4v) is 4.22. The SMILES string of the molecule is CC1Cc2ccccc2N1C(=O)CCN1CCC2(CC1)OCCO2. The van der Waals surface area contributed by atoms with Gasteiger partial charge in [-0.1, -0.05) is 18.2 Å². The molecule has 4 rings (SSSR count). The second-order valence-electron chi connectivity index (χ2n) is 7.14. The van der Waals surface area contributed by atoms with Crippen LogP contribution < -0.4 is 4.90 Å². The average molecular weight is 330 g/mol. The first kappa shape index (κ1) is 16.1. The number of piperidine rings is 1. The highest BCUT2D eigenvalue weighted by molar-refractivity contribution is 5.96. The highest BCUT2D eigenvalue weighted by Gasteiger charge is 2.40. The normalized spacial score (nSPS) is 26.0. The zero-order valence-corrected chi connectivity index (χ0v) is 14.4. The van der Waals surface area contributed by atoms with Crippen molar-refractivity contribution in [1.82, 2.24) is 4.90 Å². The number of hydrogen-bond acceptors (Lipinski definition) is 4. The molecule has 3 aliphatic heterocycles. The molecule has 3 aliphatic rings. The van der Waals surface area contributed by atoms with Crippen LogP contribution in [0, 0.1) is 0 Å². The fourth-order valence-electron chi connectivity index (χ4n) is 4.22. The molecule has 1 spiro atoms. The minimum atomic E-state index is -0.330. The molecule has 1 atom stereocenters. The average Bonchev–Trinajstić information content (AvgIpc) is 3.18. The quantitative estimate of drug-likeness (QED) is 0.852. The van der Waals surface area contributed by atoms with Crippen LogP contribution in [0.15, 0.2) is 24.3 Å². The number of rotatable bonds is 3. The van der Waals surface area contributed by atoms with Crippen molar-refractivity contribution in [3.05, 3.63) is 29.8 Å². The number of amides is 1. The van der Waals surface area contributed by atoms with Gasteiger partial charge in [-0.05, 0) is 25.0 Å². The van der Waals surface area contributed by atoms with Crippen LogP contribution >= 0.6 is 0 Å². The molecule has 2 saturated heterocycles. The van der Waals surface area contributed by atoms with E-state index in [9.17, 15) is 4.79 Å². The number of hydrogen-bond donors (Lipinski definition) is 0. The van der Waals surface area contributed by atoms with Gasteiger partial charge in [-0.25, -0.2) is 0 Å². The predicted octanol–water partition coefficient (Wildman–Crippen LogP) is 2.19. The van der Waals surface area contributed by atoms with Crippen molar-refractivity contribution in [3.63, 3.8) is 0 Å². The summed E-state index contributed by atoms with van der Waals surface area (Å²) in [5, 5.41) is 0. The number of benzene rings is 1. The second-order valence-corrected chi connectivity index (χ2v) is 7.14. The van der Waals surface area contributed by atoms with Gasteiger partial charge in [0.25, 0.3) is 0 Å². The molecule has 5 heteroatoms. The van der Waals surface area contributed by atoms with Crippen LogP contribution in [0.2, 0.25) is 0 Å². The number of ether oxygens (including phenoxy) is 2. The maximum Gasteiger partial charge on any atom is 0.228 e. The Labute approximate surface area is 143 Å². The number of carbonyl (C=O) groups excluding carboxylic acids is 1. The zero-order valence-electron chi connectivity index (χ0n) is 14.4. The first-order valence-electron chi connectivity index (χ1n) is 9.07. The standard InChI is InChI=1S/C19H26N2O3/c1-15-14-16-4-2-3-5-17(16)21(15)18(22)6-9-20-10-7-19(8-11-20)23-12-13-24-19/h2-5,15H,6-14H2,1H3. The van der Waals surface area contributed by atoms with E-state index in [1.54, 1.807) is 0 Å². The van der Waals surface area contributed by atoms with Crippen molar-refractivity contribution in [3.8, 4) is 0 Å². The van der Waals surface area contributed by atoms with E-state index in [-0.39, 0.29) is 17.7 Å². The summed E-state index contributed by atoms with van der Waals surface area (Å²) >= 11 is 0. The van der Waals surface area contributed by atoms with Crippen molar-refractivity contribution in [2.45, 2.75) is 44.4 Å². The molecular weight excluding hydrogens is 304 g/mol. The molecule has 5 nitrogen and oxygen atoms in total. The topological polar surface area (TPSA) is 42.0 Å². The number of nitrogens with zero attached hydrogens (tertiary/aromatic N) is 2. The van der Waals surface area contributed by atoms with Crippen LogP contribution in [0.25, 0.3) is 0 Å². The third-order valence-electron chi connectivity index (χ3n) is 5.55. The molecule has 0 N–H and O–H groups in total. The number of fused-ring (bicyclic) bond motifs is 1. The molecule has 3 heterocycles. The lowest BCUT2D eigenvalue weighted by atomic mass is 10.0. The van der Waals surface area contributed by atoms with Crippen molar-refractivity contribution in [2.24, 2.45) is 0 Å². The van der Waals surface area contributed by atoms with Crippen LogP contribution in [0.3, 0.4) is 0 Å². The Morgan fingerprint density at radius 3 is 2.67 bits per heavy atom. The molecule has 1 aromatic carbocycles. The van der Waals surface area contributed by atoms with E-state index in [0.29, 0.717) is 19.6 Å².